The zero-order valence-corrected chi connectivity index (χ0v) is 20.3. The summed E-state index contributed by atoms with van der Waals surface area (Å²) in [5.74, 6) is 0. The van der Waals surface area contributed by atoms with E-state index in [2.05, 4.69) is 19.1 Å². The van der Waals surface area contributed by atoms with E-state index < -0.39 is 33.3 Å². The predicted molar refractivity (Wildman–Crippen MR) is 111 cm³/mol. The molecule has 0 saturated heterocycles. The molecule has 0 saturated carbocycles. The maximum atomic E-state index is 12.3. The van der Waals surface area contributed by atoms with Gasteiger partial charge in [0.25, 0.3) is 0 Å². The second-order valence-electron chi connectivity index (χ2n) is 9.87. The van der Waals surface area contributed by atoms with E-state index in [9.17, 15) is 9.13 Å². The topological polar surface area (TPSA) is 71.1 Å². The summed E-state index contributed by atoms with van der Waals surface area (Å²) in [6, 6.07) is 0. The lowest BCUT2D eigenvalue weighted by Gasteiger charge is -2.41. The Balaban J connectivity index is 3.05. The van der Waals surface area contributed by atoms with Crippen LogP contribution in [0.5, 0.6) is 0 Å². The maximum Gasteiger partial charge on any atom is 0.320 e. The standard InChI is InChI=1S/C19H38O6P2/c1-15(2)22-26(20)24-17(5,6)13-19(9)12-10-11-16(3,4)23-27(21)25-18(7,8)14-19/h10,12,15,26-27H,11,13-14H2,1-9H3. The van der Waals surface area contributed by atoms with E-state index >= 15 is 0 Å². The van der Waals surface area contributed by atoms with Crippen molar-refractivity contribution in [2.75, 3.05) is 0 Å². The molecular formula is C19H38O6P2. The fourth-order valence-electron chi connectivity index (χ4n) is 3.78. The molecule has 3 atom stereocenters. The van der Waals surface area contributed by atoms with Crippen molar-refractivity contribution in [2.45, 2.75) is 104 Å². The molecule has 1 aliphatic heterocycles. The highest BCUT2D eigenvalue weighted by atomic mass is 31.1. The second-order valence-corrected chi connectivity index (χ2v) is 11.7. The molecule has 27 heavy (non-hydrogen) atoms. The van der Waals surface area contributed by atoms with Gasteiger partial charge in [-0.15, -0.1) is 0 Å². The average Bonchev–Trinajstić information content (AvgIpc) is 2.30. The van der Waals surface area contributed by atoms with Crippen LogP contribution in [0.4, 0.5) is 0 Å². The normalized spacial score (nSPS) is 30.2. The van der Waals surface area contributed by atoms with Gasteiger partial charge in [-0.25, -0.2) is 0 Å². The van der Waals surface area contributed by atoms with Crippen LogP contribution in [0.1, 0.15) is 81.6 Å². The van der Waals surface area contributed by atoms with Crippen molar-refractivity contribution >= 4 is 16.5 Å². The zero-order chi connectivity index (χ0) is 21.1. The fraction of sp³-hybridized carbons (Fsp3) is 0.895. The van der Waals surface area contributed by atoms with Crippen molar-refractivity contribution in [3.63, 3.8) is 0 Å². The van der Waals surface area contributed by atoms with Gasteiger partial charge in [-0.1, -0.05) is 19.1 Å². The van der Waals surface area contributed by atoms with Gasteiger partial charge in [0.2, 0.25) is 0 Å². The van der Waals surface area contributed by atoms with Gasteiger partial charge in [0.15, 0.2) is 0 Å². The average molecular weight is 424 g/mol. The molecule has 0 spiro atoms. The summed E-state index contributed by atoms with van der Waals surface area (Å²) in [5.41, 5.74) is -2.16. The van der Waals surface area contributed by atoms with E-state index in [0.717, 1.165) is 0 Å². The lowest BCUT2D eigenvalue weighted by Crippen LogP contribution is -2.37. The van der Waals surface area contributed by atoms with Crippen LogP contribution in [0.15, 0.2) is 12.2 Å². The Morgan fingerprint density at radius 3 is 2.26 bits per heavy atom. The van der Waals surface area contributed by atoms with Crippen LogP contribution >= 0.6 is 16.5 Å². The van der Waals surface area contributed by atoms with Crippen LogP contribution in [0.2, 0.25) is 0 Å². The first-order valence-corrected chi connectivity index (χ1v) is 12.0. The third kappa shape index (κ3) is 9.87. The number of hydrogen-bond donors (Lipinski definition) is 0. The van der Waals surface area contributed by atoms with Crippen molar-refractivity contribution in [1.29, 1.82) is 0 Å². The van der Waals surface area contributed by atoms with E-state index in [1.165, 1.54) is 0 Å². The summed E-state index contributed by atoms with van der Waals surface area (Å²) in [6.07, 6.45) is 5.93. The van der Waals surface area contributed by atoms with Gasteiger partial charge >= 0.3 is 16.5 Å². The van der Waals surface area contributed by atoms with Crippen LogP contribution in [0.25, 0.3) is 0 Å². The largest absolute Gasteiger partial charge is 0.320 e. The Morgan fingerprint density at radius 2 is 1.70 bits per heavy atom. The minimum Gasteiger partial charge on any atom is -0.308 e. The molecule has 1 rings (SSSR count). The molecule has 1 heterocycles. The Labute approximate surface area is 166 Å². The Morgan fingerprint density at radius 1 is 1.15 bits per heavy atom. The van der Waals surface area contributed by atoms with Crippen molar-refractivity contribution in [3.8, 4) is 0 Å². The van der Waals surface area contributed by atoms with E-state index in [1.807, 2.05) is 55.4 Å². The molecule has 0 radical (unpaired) electrons. The first-order chi connectivity index (χ1) is 12.0. The van der Waals surface area contributed by atoms with Crippen molar-refractivity contribution in [1.82, 2.24) is 0 Å². The molecule has 8 heteroatoms. The molecule has 0 N–H and O–H groups in total. The Hall–Kier alpha value is 0.0400. The third-order valence-corrected chi connectivity index (χ3v) is 7.02. The molecule has 0 aromatic carbocycles. The van der Waals surface area contributed by atoms with Crippen LogP contribution in [0.3, 0.4) is 0 Å². The molecule has 0 fully saturated rings. The van der Waals surface area contributed by atoms with Gasteiger partial charge in [-0.05, 0) is 80.1 Å². The molecular weight excluding hydrogens is 386 g/mol. The van der Waals surface area contributed by atoms with Crippen LogP contribution < -0.4 is 0 Å². The number of hydrogen-bond acceptors (Lipinski definition) is 6. The summed E-state index contributed by atoms with van der Waals surface area (Å²) >= 11 is 0. The highest BCUT2D eigenvalue weighted by molar-refractivity contribution is 7.33. The lowest BCUT2D eigenvalue weighted by atomic mass is 9.73. The third-order valence-electron chi connectivity index (χ3n) is 4.20. The summed E-state index contributed by atoms with van der Waals surface area (Å²) in [6.45, 7) is 17.2. The van der Waals surface area contributed by atoms with Crippen molar-refractivity contribution < 1.29 is 27.2 Å². The van der Waals surface area contributed by atoms with Gasteiger partial charge in [-0.3, -0.25) is 9.13 Å². The lowest BCUT2D eigenvalue weighted by molar-refractivity contribution is -0.000653. The molecule has 1 aliphatic rings. The van der Waals surface area contributed by atoms with Gasteiger partial charge in [0.05, 0.1) is 22.9 Å². The smallest absolute Gasteiger partial charge is 0.308 e. The van der Waals surface area contributed by atoms with E-state index in [1.54, 1.807) is 0 Å². The molecule has 3 unspecified atom stereocenters. The molecule has 0 aromatic heterocycles. The summed E-state index contributed by atoms with van der Waals surface area (Å²) in [4.78, 5) is 0. The predicted octanol–water partition coefficient (Wildman–Crippen LogP) is 6.32. The minimum absolute atomic E-state index is 0.150. The molecule has 6 nitrogen and oxygen atoms in total. The van der Waals surface area contributed by atoms with Crippen LogP contribution in [0, 0.1) is 5.41 Å². The molecule has 160 valence electrons. The number of rotatable bonds is 6. The first kappa shape index (κ1) is 25.1. The Kier molecular flexibility index (Phi) is 8.58. The monoisotopic (exact) mass is 424 g/mol. The van der Waals surface area contributed by atoms with Crippen LogP contribution in [-0.4, -0.2) is 22.9 Å². The molecule has 0 bridgehead atoms. The summed E-state index contributed by atoms with van der Waals surface area (Å²) in [7, 11) is -5.19. The van der Waals surface area contributed by atoms with E-state index in [0.29, 0.717) is 19.3 Å². The molecule has 0 amide bonds. The highest BCUT2D eigenvalue weighted by Gasteiger charge is 2.39. The van der Waals surface area contributed by atoms with Gasteiger partial charge in [0.1, 0.15) is 0 Å². The molecule has 0 aliphatic carbocycles. The molecule has 0 aromatic rings. The van der Waals surface area contributed by atoms with E-state index in [-0.39, 0.29) is 11.5 Å². The second kappa shape index (κ2) is 9.24. The maximum absolute atomic E-state index is 12.3. The van der Waals surface area contributed by atoms with Crippen LogP contribution in [-0.2, 0) is 27.2 Å². The van der Waals surface area contributed by atoms with Gasteiger partial charge < -0.3 is 18.1 Å². The minimum atomic E-state index is -2.61. The van der Waals surface area contributed by atoms with Gasteiger partial charge in [0, 0.05) is 0 Å². The quantitative estimate of drug-likeness (QED) is 0.367. The Bertz CT molecular complexity index is 583. The van der Waals surface area contributed by atoms with E-state index in [4.69, 9.17) is 18.1 Å². The summed E-state index contributed by atoms with van der Waals surface area (Å²) in [5, 5.41) is 0. The first-order valence-electron chi connectivity index (χ1n) is 9.53. The zero-order valence-electron chi connectivity index (χ0n) is 18.3. The van der Waals surface area contributed by atoms with Crippen molar-refractivity contribution in [2.24, 2.45) is 5.41 Å². The SMILES string of the molecule is CC(C)O[PH](=O)OC(C)(C)CC1(C)C=CCC(C)(C)O[PH](=O)OC(C)(C)C1. The van der Waals surface area contributed by atoms with Gasteiger partial charge in [-0.2, -0.15) is 0 Å². The van der Waals surface area contributed by atoms with Crippen molar-refractivity contribution in [3.05, 3.63) is 12.2 Å². The summed E-state index contributed by atoms with van der Waals surface area (Å²) < 4.78 is 46.9. The highest BCUT2D eigenvalue weighted by Crippen LogP contribution is 2.47. The number of allylic oxidation sites excluding steroid dienone is 1. The fourth-order valence-corrected chi connectivity index (χ4v) is 5.84.